The van der Waals surface area contributed by atoms with Gasteiger partial charge in [0.15, 0.2) is 11.6 Å². The normalized spacial score (nSPS) is 16.2. The first-order valence-corrected chi connectivity index (χ1v) is 11.3. The van der Waals surface area contributed by atoms with E-state index < -0.39 is 15.8 Å². The molecule has 29 heavy (non-hydrogen) atoms. The summed E-state index contributed by atoms with van der Waals surface area (Å²) < 4.78 is 53.4. The summed E-state index contributed by atoms with van der Waals surface area (Å²) in [5.74, 6) is 0.0613. The van der Waals surface area contributed by atoms with Gasteiger partial charge in [-0.25, -0.2) is 12.8 Å². The van der Waals surface area contributed by atoms with Crippen LogP contribution in [0.4, 0.5) is 10.2 Å². The Bertz CT molecular complexity index is 1250. The Balaban J connectivity index is 1.58. The lowest BCUT2D eigenvalue weighted by Gasteiger charge is -2.24. The summed E-state index contributed by atoms with van der Waals surface area (Å²) in [6, 6.07) is 9.33. The standard InChI is InChI=1S/C20H16BrFN2O4S/c1-27-16-9-12(22)3-5-17(16)29(25,26)24-19-14-10-20(6-7-20)15-4-2-11(21)8-13(15)18(14)28-23-19/h2-5,8-9H,6-7,10H2,1H3,(H,23,24). The maximum atomic E-state index is 13.5. The Morgan fingerprint density at radius 2 is 2.03 bits per heavy atom. The van der Waals surface area contributed by atoms with Gasteiger partial charge in [-0.05, 0) is 49.1 Å². The summed E-state index contributed by atoms with van der Waals surface area (Å²) in [7, 11) is -2.76. The highest BCUT2D eigenvalue weighted by atomic mass is 79.9. The van der Waals surface area contributed by atoms with Crippen molar-refractivity contribution >= 4 is 31.8 Å². The van der Waals surface area contributed by atoms with Gasteiger partial charge in [0.2, 0.25) is 0 Å². The van der Waals surface area contributed by atoms with Crippen LogP contribution in [0.2, 0.25) is 0 Å². The highest BCUT2D eigenvalue weighted by molar-refractivity contribution is 9.10. The molecule has 2 aliphatic rings. The van der Waals surface area contributed by atoms with Crippen LogP contribution in [0.25, 0.3) is 11.3 Å². The zero-order valence-corrected chi connectivity index (χ0v) is 17.7. The van der Waals surface area contributed by atoms with E-state index >= 15 is 0 Å². The Kier molecular flexibility index (Phi) is 4.05. The SMILES string of the molecule is COc1cc(F)ccc1S(=O)(=O)Nc1noc2c1CC1(CC1)c1ccc(Br)cc1-2. The van der Waals surface area contributed by atoms with Crippen molar-refractivity contribution in [2.45, 2.75) is 29.6 Å². The summed E-state index contributed by atoms with van der Waals surface area (Å²) >= 11 is 3.49. The van der Waals surface area contributed by atoms with Gasteiger partial charge in [0.05, 0.1) is 7.11 Å². The van der Waals surface area contributed by atoms with Gasteiger partial charge >= 0.3 is 0 Å². The average molecular weight is 479 g/mol. The molecule has 0 bridgehead atoms. The molecule has 1 spiro atoms. The summed E-state index contributed by atoms with van der Waals surface area (Å²) in [6.07, 6.45) is 2.72. The lowest BCUT2D eigenvalue weighted by atomic mass is 9.79. The molecule has 6 nitrogen and oxygen atoms in total. The third kappa shape index (κ3) is 2.95. The van der Waals surface area contributed by atoms with E-state index in [2.05, 4.69) is 31.9 Å². The number of rotatable bonds is 4. The van der Waals surface area contributed by atoms with Crippen LogP contribution in [-0.2, 0) is 21.9 Å². The number of hydrogen-bond acceptors (Lipinski definition) is 5. The van der Waals surface area contributed by atoms with Crippen LogP contribution in [0, 0.1) is 5.82 Å². The van der Waals surface area contributed by atoms with Crippen LogP contribution in [0.5, 0.6) is 5.75 Å². The van der Waals surface area contributed by atoms with Gasteiger partial charge in [-0.15, -0.1) is 0 Å². The van der Waals surface area contributed by atoms with Crippen LogP contribution in [0.3, 0.4) is 0 Å². The van der Waals surface area contributed by atoms with Crippen molar-refractivity contribution in [2.24, 2.45) is 0 Å². The third-order valence-electron chi connectivity index (χ3n) is 5.60. The molecule has 150 valence electrons. The van der Waals surface area contributed by atoms with Gasteiger partial charge in [0, 0.05) is 27.1 Å². The maximum absolute atomic E-state index is 13.5. The number of sulfonamides is 1. The molecule has 0 atom stereocenters. The quantitative estimate of drug-likeness (QED) is 0.590. The zero-order valence-electron chi connectivity index (χ0n) is 15.3. The minimum atomic E-state index is -4.05. The average Bonchev–Trinajstić information content (AvgIpc) is 3.34. The topological polar surface area (TPSA) is 81.4 Å². The van der Waals surface area contributed by atoms with Crippen LogP contribution < -0.4 is 9.46 Å². The Morgan fingerprint density at radius 3 is 2.76 bits per heavy atom. The van der Waals surface area contributed by atoms with Gasteiger partial charge in [0.1, 0.15) is 16.5 Å². The van der Waals surface area contributed by atoms with E-state index in [1.165, 1.54) is 12.7 Å². The lowest BCUT2D eigenvalue weighted by molar-refractivity contribution is 0.399. The summed E-state index contributed by atoms with van der Waals surface area (Å²) in [5, 5.41) is 4.01. The number of nitrogens with zero attached hydrogens (tertiary/aromatic N) is 1. The molecule has 2 aliphatic carbocycles. The molecule has 1 heterocycles. The fraction of sp³-hybridized carbons (Fsp3) is 0.250. The number of ether oxygens (including phenoxy) is 1. The van der Waals surface area contributed by atoms with Gasteiger partial charge in [-0.3, -0.25) is 4.72 Å². The van der Waals surface area contributed by atoms with Crippen molar-refractivity contribution in [1.29, 1.82) is 0 Å². The predicted molar refractivity (Wildman–Crippen MR) is 108 cm³/mol. The lowest BCUT2D eigenvalue weighted by Crippen LogP contribution is -2.20. The summed E-state index contributed by atoms with van der Waals surface area (Å²) in [6.45, 7) is 0. The zero-order chi connectivity index (χ0) is 20.4. The fourth-order valence-electron chi connectivity index (χ4n) is 4.01. The Morgan fingerprint density at radius 1 is 1.24 bits per heavy atom. The van der Waals surface area contributed by atoms with E-state index in [-0.39, 0.29) is 21.9 Å². The number of nitrogens with one attached hydrogen (secondary N) is 1. The first-order chi connectivity index (χ1) is 13.8. The minimum absolute atomic E-state index is 0.00233. The molecule has 0 radical (unpaired) electrons. The number of anilines is 1. The number of aromatic nitrogens is 1. The van der Waals surface area contributed by atoms with Crippen LogP contribution >= 0.6 is 15.9 Å². The van der Waals surface area contributed by atoms with Crippen molar-refractivity contribution in [3.8, 4) is 17.1 Å². The van der Waals surface area contributed by atoms with Crippen LogP contribution in [0.15, 0.2) is 50.3 Å². The van der Waals surface area contributed by atoms with Crippen molar-refractivity contribution in [2.75, 3.05) is 11.8 Å². The second-order valence-electron chi connectivity index (χ2n) is 7.39. The molecule has 5 rings (SSSR count). The van der Waals surface area contributed by atoms with E-state index in [1.54, 1.807) is 0 Å². The molecule has 9 heteroatoms. The van der Waals surface area contributed by atoms with Crippen LogP contribution in [-0.4, -0.2) is 20.7 Å². The number of hydrogen-bond donors (Lipinski definition) is 1. The van der Waals surface area contributed by atoms with Gasteiger partial charge in [0.25, 0.3) is 10.0 Å². The monoisotopic (exact) mass is 478 g/mol. The Hall–Kier alpha value is -2.39. The molecular formula is C20H16BrFN2O4S. The number of fused-ring (bicyclic) bond motifs is 4. The van der Waals surface area contributed by atoms with Gasteiger partial charge in [-0.2, -0.15) is 0 Å². The fourth-order valence-corrected chi connectivity index (χ4v) is 5.55. The third-order valence-corrected chi connectivity index (χ3v) is 7.47. The van der Waals surface area contributed by atoms with Gasteiger partial charge < -0.3 is 9.26 Å². The van der Waals surface area contributed by atoms with E-state index in [4.69, 9.17) is 9.26 Å². The molecule has 0 aliphatic heterocycles. The molecule has 0 unspecified atom stereocenters. The van der Waals surface area contributed by atoms with E-state index in [1.807, 2.05) is 12.1 Å². The largest absolute Gasteiger partial charge is 0.495 e. The van der Waals surface area contributed by atoms with Crippen molar-refractivity contribution < 1.29 is 22.1 Å². The summed E-state index contributed by atoms with van der Waals surface area (Å²) in [4.78, 5) is -0.168. The predicted octanol–water partition coefficient (Wildman–Crippen LogP) is 4.64. The molecule has 2 aromatic carbocycles. The molecule has 1 N–H and O–H groups in total. The number of halogens is 2. The maximum Gasteiger partial charge on any atom is 0.266 e. The highest BCUT2D eigenvalue weighted by Gasteiger charge is 2.50. The minimum Gasteiger partial charge on any atom is -0.495 e. The van der Waals surface area contributed by atoms with Gasteiger partial charge in [-0.1, -0.05) is 27.2 Å². The van der Waals surface area contributed by atoms with E-state index in [9.17, 15) is 12.8 Å². The second-order valence-corrected chi connectivity index (χ2v) is 9.95. The molecule has 3 aromatic rings. The van der Waals surface area contributed by atoms with Crippen molar-refractivity contribution in [3.05, 3.63) is 57.8 Å². The molecule has 1 aromatic heterocycles. The number of benzene rings is 2. The molecule has 1 fully saturated rings. The molecular weight excluding hydrogens is 463 g/mol. The number of methoxy groups -OCH3 is 1. The molecule has 1 saturated carbocycles. The van der Waals surface area contributed by atoms with Crippen LogP contribution in [0.1, 0.15) is 24.0 Å². The smallest absolute Gasteiger partial charge is 0.266 e. The van der Waals surface area contributed by atoms with Crippen molar-refractivity contribution in [3.63, 3.8) is 0 Å². The molecule has 0 saturated heterocycles. The Labute approximate surface area is 175 Å². The van der Waals surface area contributed by atoms with E-state index in [0.29, 0.717) is 12.2 Å². The second kappa shape index (κ2) is 6.30. The summed E-state index contributed by atoms with van der Waals surface area (Å²) in [5.41, 5.74) is 2.87. The first kappa shape index (κ1) is 18.6. The van der Waals surface area contributed by atoms with E-state index in [0.717, 1.165) is 46.6 Å². The molecule has 0 amide bonds. The first-order valence-electron chi connectivity index (χ1n) is 8.98. The highest BCUT2D eigenvalue weighted by Crippen LogP contribution is 2.58. The van der Waals surface area contributed by atoms with Crippen molar-refractivity contribution in [1.82, 2.24) is 5.16 Å².